The van der Waals surface area contributed by atoms with Crippen molar-refractivity contribution in [1.82, 2.24) is 4.31 Å². The Balaban J connectivity index is 1.81. The summed E-state index contributed by atoms with van der Waals surface area (Å²) in [5, 5.41) is 0.313. The summed E-state index contributed by atoms with van der Waals surface area (Å²) in [7, 11) is -3.70. The number of aryl methyl sites for hydroxylation is 1. The van der Waals surface area contributed by atoms with Gasteiger partial charge in [-0.15, -0.1) is 0 Å². The van der Waals surface area contributed by atoms with Crippen LogP contribution in [0.4, 0.5) is 5.69 Å². The van der Waals surface area contributed by atoms with Gasteiger partial charge in [-0.05, 0) is 30.7 Å². The average molecular weight is 385 g/mol. The molecular formula is C17H18Cl2N2O2S. The van der Waals surface area contributed by atoms with Gasteiger partial charge in [0.2, 0.25) is 10.0 Å². The Morgan fingerprint density at radius 2 is 1.46 bits per heavy atom. The third-order valence-electron chi connectivity index (χ3n) is 4.21. The number of hydrogen-bond donors (Lipinski definition) is 0. The highest BCUT2D eigenvalue weighted by Crippen LogP contribution is 2.32. The molecule has 0 spiro atoms. The van der Waals surface area contributed by atoms with Crippen molar-refractivity contribution in [2.75, 3.05) is 31.1 Å². The molecule has 1 heterocycles. The Hall–Kier alpha value is -1.27. The first-order valence-electron chi connectivity index (χ1n) is 7.66. The molecule has 7 heteroatoms. The van der Waals surface area contributed by atoms with Crippen LogP contribution < -0.4 is 4.90 Å². The van der Waals surface area contributed by atoms with Crippen LogP contribution in [0.25, 0.3) is 0 Å². The van der Waals surface area contributed by atoms with Crippen molar-refractivity contribution in [2.45, 2.75) is 11.8 Å². The van der Waals surface area contributed by atoms with E-state index in [1.54, 1.807) is 18.2 Å². The molecule has 0 radical (unpaired) electrons. The van der Waals surface area contributed by atoms with Crippen molar-refractivity contribution in [3.05, 3.63) is 58.1 Å². The lowest BCUT2D eigenvalue weighted by atomic mass is 10.1. The average Bonchev–Trinajstić information content (AvgIpc) is 2.55. The van der Waals surface area contributed by atoms with Crippen LogP contribution in [0, 0.1) is 6.92 Å². The fourth-order valence-corrected chi connectivity index (χ4v) is 5.46. The highest BCUT2D eigenvalue weighted by molar-refractivity contribution is 7.89. The van der Waals surface area contributed by atoms with Gasteiger partial charge >= 0.3 is 0 Å². The predicted molar refractivity (Wildman–Crippen MR) is 98.6 cm³/mol. The van der Waals surface area contributed by atoms with Crippen LogP contribution in [0.5, 0.6) is 0 Å². The van der Waals surface area contributed by atoms with Crippen LogP contribution in [0.3, 0.4) is 0 Å². The second kappa shape index (κ2) is 6.92. The molecule has 0 N–H and O–H groups in total. The normalized spacial score (nSPS) is 16.4. The third-order valence-corrected chi connectivity index (χ3v) is 7.07. The lowest BCUT2D eigenvalue weighted by molar-refractivity contribution is 0.385. The van der Waals surface area contributed by atoms with Crippen molar-refractivity contribution < 1.29 is 8.42 Å². The van der Waals surface area contributed by atoms with E-state index >= 15 is 0 Å². The number of hydrogen-bond acceptors (Lipinski definition) is 3. The molecule has 1 saturated heterocycles. The Kier molecular flexibility index (Phi) is 5.06. The molecule has 1 aliphatic rings. The van der Waals surface area contributed by atoms with E-state index in [2.05, 4.69) is 24.0 Å². The van der Waals surface area contributed by atoms with E-state index in [1.807, 2.05) is 12.1 Å². The van der Waals surface area contributed by atoms with Gasteiger partial charge in [0.15, 0.2) is 0 Å². The molecule has 2 aromatic carbocycles. The quantitative estimate of drug-likeness (QED) is 0.807. The van der Waals surface area contributed by atoms with Crippen LogP contribution in [-0.4, -0.2) is 38.9 Å². The summed E-state index contributed by atoms with van der Waals surface area (Å²) in [5.41, 5.74) is 2.33. The Labute approximate surface area is 152 Å². The molecular weight excluding hydrogens is 367 g/mol. The van der Waals surface area contributed by atoms with Gasteiger partial charge in [0.25, 0.3) is 0 Å². The number of nitrogens with zero attached hydrogens (tertiary/aromatic N) is 2. The lowest BCUT2D eigenvalue weighted by Gasteiger charge is -2.36. The fourth-order valence-electron chi connectivity index (χ4n) is 2.95. The maximum Gasteiger partial charge on any atom is 0.246 e. The number of anilines is 1. The third kappa shape index (κ3) is 3.26. The highest BCUT2D eigenvalue weighted by Gasteiger charge is 2.32. The van der Waals surface area contributed by atoms with Crippen molar-refractivity contribution in [1.29, 1.82) is 0 Å². The molecule has 0 saturated carbocycles. The van der Waals surface area contributed by atoms with Gasteiger partial charge in [-0.25, -0.2) is 8.42 Å². The van der Waals surface area contributed by atoms with Crippen molar-refractivity contribution in [2.24, 2.45) is 0 Å². The van der Waals surface area contributed by atoms with Crippen LogP contribution in [-0.2, 0) is 10.0 Å². The Morgan fingerprint density at radius 3 is 2.04 bits per heavy atom. The minimum atomic E-state index is -3.70. The van der Waals surface area contributed by atoms with Crippen molar-refractivity contribution in [3.8, 4) is 0 Å². The van der Waals surface area contributed by atoms with Gasteiger partial charge in [0.05, 0.1) is 10.0 Å². The topological polar surface area (TPSA) is 40.6 Å². The monoisotopic (exact) mass is 384 g/mol. The first-order chi connectivity index (χ1) is 11.4. The van der Waals surface area contributed by atoms with E-state index < -0.39 is 10.0 Å². The Bertz CT molecular complexity index is 827. The van der Waals surface area contributed by atoms with E-state index in [0.717, 1.165) is 5.69 Å². The molecule has 0 aromatic heterocycles. The van der Waals surface area contributed by atoms with E-state index in [0.29, 0.717) is 26.2 Å². The zero-order valence-corrected chi connectivity index (χ0v) is 15.6. The van der Waals surface area contributed by atoms with Gasteiger partial charge in [0, 0.05) is 31.9 Å². The minimum Gasteiger partial charge on any atom is -0.369 e. The molecule has 128 valence electrons. The van der Waals surface area contributed by atoms with Gasteiger partial charge in [-0.2, -0.15) is 4.31 Å². The maximum atomic E-state index is 12.9. The minimum absolute atomic E-state index is 0.00215. The summed E-state index contributed by atoms with van der Waals surface area (Å²) in [4.78, 5) is 2.20. The molecule has 0 atom stereocenters. The van der Waals surface area contributed by atoms with Gasteiger partial charge < -0.3 is 4.90 Å². The maximum absolute atomic E-state index is 12.9. The number of halogens is 2. The number of rotatable bonds is 3. The van der Waals surface area contributed by atoms with Crippen LogP contribution >= 0.6 is 23.2 Å². The second-order valence-corrected chi connectivity index (χ2v) is 8.42. The molecule has 3 rings (SSSR count). The van der Waals surface area contributed by atoms with E-state index in [-0.39, 0.29) is 14.9 Å². The molecule has 1 aliphatic heterocycles. The highest BCUT2D eigenvalue weighted by atomic mass is 35.5. The molecule has 4 nitrogen and oxygen atoms in total. The lowest BCUT2D eigenvalue weighted by Crippen LogP contribution is -2.49. The molecule has 24 heavy (non-hydrogen) atoms. The SMILES string of the molecule is Cc1ccccc1N1CCN(S(=O)(=O)c2c(Cl)cccc2Cl)CC1. The predicted octanol–water partition coefficient (Wildman–Crippen LogP) is 3.81. The first kappa shape index (κ1) is 17.5. The summed E-state index contributed by atoms with van der Waals surface area (Å²) in [6.07, 6.45) is 0. The summed E-state index contributed by atoms with van der Waals surface area (Å²) < 4.78 is 27.2. The van der Waals surface area contributed by atoms with Crippen molar-refractivity contribution >= 4 is 38.9 Å². The smallest absolute Gasteiger partial charge is 0.246 e. The molecule has 0 unspecified atom stereocenters. The first-order valence-corrected chi connectivity index (χ1v) is 9.85. The molecule has 0 amide bonds. The molecule has 2 aromatic rings. The zero-order valence-electron chi connectivity index (χ0n) is 13.2. The molecule has 1 fully saturated rings. The summed E-state index contributed by atoms with van der Waals surface area (Å²) in [6.45, 7) is 4.12. The van der Waals surface area contributed by atoms with Crippen molar-refractivity contribution in [3.63, 3.8) is 0 Å². The molecule has 0 aliphatic carbocycles. The van der Waals surface area contributed by atoms with E-state index in [1.165, 1.54) is 9.87 Å². The van der Waals surface area contributed by atoms with Gasteiger partial charge in [-0.3, -0.25) is 0 Å². The van der Waals surface area contributed by atoms with Gasteiger partial charge in [-0.1, -0.05) is 47.5 Å². The van der Waals surface area contributed by atoms with Crippen LogP contribution in [0.15, 0.2) is 47.4 Å². The fraction of sp³-hybridized carbons (Fsp3) is 0.294. The number of benzene rings is 2. The number of para-hydroxylation sites is 1. The van der Waals surface area contributed by atoms with Gasteiger partial charge in [0.1, 0.15) is 4.90 Å². The number of piperazine rings is 1. The zero-order chi connectivity index (χ0) is 17.3. The van der Waals surface area contributed by atoms with E-state index in [9.17, 15) is 8.42 Å². The summed E-state index contributed by atoms with van der Waals surface area (Å²) in [5.74, 6) is 0. The Morgan fingerprint density at radius 1 is 0.875 bits per heavy atom. The van der Waals surface area contributed by atoms with E-state index in [4.69, 9.17) is 23.2 Å². The summed E-state index contributed by atoms with van der Waals surface area (Å²) >= 11 is 12.2. The second-order valence-electron chi connectivity index (χ2n) is 5.73. The van der Waals surface area contributed by atoms with Crippen LogP contribution in [0.1, 0.15) is 5.56 Å². The van der Waals surface area contributed by atoms with Crippen LogP contribution in [0.2, 0.25) is 10.0 Å². The standard InChI is InChI=1S/C17H18Cl2N2O2S/c1-13-5-2-3-8-16(13)20-9-11-21(12-10-20)24(22,23)17-14(18)6-4-7-15(17)19/h2-8H,9-12H2,1H3. The largest absolute Gasteiger partial charge is 0.369 e. The number of sulfonamides is 1. The summed E-state index contributed by atoms with van der Waals surface area (Å²) in [6, 6.07) is 12.8. The molecule has 0 bridgehead atoms.